The normalized spacial score (nSPS) is 16.5. The predicted molar refractivity (Wildman–Crippen MR) is 96.9 cm³/mol. The zero-order valence-electron chi connectivity index (χ0n) is 14.6. The number of nitrogens with zero attached hydrogens (tertiary/aromatic N) is 3. The summed E-state index contributed by atoms with van der Waals surface area (Å²) in [5.74, 6) is -0.0323. The molecule has 0 saturated heterocycles. The van der Waals surface area contributed by atoms with E-state index in [1.54, 1.807) is 0 Å². The molecule has 0 bridgehead atoms. The van der Waals surface area contributed by atoms with Crippen LogP contribution in [0.2, 0.25) is 0 Å². The highest BCUT2D eigenvalue weighted by atomic mass is 16.1. The van der Waals surface area contributed by atoms with Gasteiger partial charge in [0.05, 0.1) is 12.2 Å². The van der Waals surface area contributed by atoms with Crippen LogP contribution in [0, 0.1) is 6.92 Å². The summed E-state index contributed by atoms with van der Waals surface area (Å²) in [6.45, 7) is 2.06. The smallest absolute Gasteiger partial charge is 0.251 e. The van der Waals surface area contributed by atoms with Gasteiger partial charge < -0.3 is 9.88 Å². The molecule has 0 saturated carbocycles. The number of carbonyl (C=O) groups excluding carboxylic acids is 1. The SMILES string of the molecule is Cc1ccc(C(=O)NC2CCCc3c2cnn3C)cc1-n1cccc1. The Morgan fingerprint density at radius 1 is 1.28 bits per heavy atom. The molecule has 2 heterocycles. The fourth-order valence-electron chi connectivity index (χ4n) is 3.62. The van der Waals surface area contributed by atoms with E-state index >= 15 is 0 Å². The first-order chi connectivity index (χ1) is 12.1. The van der Waals surface area contributed by atoms with Crippen LogP contribution in [-0.4, -0.2) is 20.3 Å². The summed E-state index contributed by atoms with van der Waals surface area (Å²) >= 11 is 0. The molecule has 25 heavy (non-hydrogen) atoms. The molecule has 0 spiro atoms. The van der Waals surface area contributed by atoms with Gasteiger partial charge in [0.1, 0.15) is 0 Å². The minimum absolute atomic E-state index is 0.0323. The Hall–Kier alpha value is -2.82. The van der Waals surface area contributed by atoms with Crippen LogP contribution in [-0.2, 0) is 13.5 Å². The van der Waals surface area contributed by atoms with Crippen molar-refractivity contribution in [1.29, 1.82) is 0 Å². The lowest BCUT2D eigenvalue weighted by atomic mass is 9.92. The quantitative estimate of drug-likeness (QED) is 0.799. The Labute approximate surface area is 147 Å². The van der Waals surface area contributed by atoms with Crippen molar-refractivity contribution in [2.45, 2.75) is 32.2 Å². The lowest BCUT2D eigenvalue weighted by Crippen LogP contribution is -2.31. The topological polar surface area (TPSA) is 51.9 Å². The standard InChI is InChI=1S/C20H22N4O/c1-14-8-9-15(12-19(14)24-10-3-4-11-24)20(25)22-17-6-5-7-18-16(17)13-21-23(18)2/h3-4,8-13,17H,5-7H2,1-2H3,(H,22,25). The second-order valence-electron chi connectivity index (χ2n) is 6.68. The van der Waals surface area contributed by atoms with Gasteiger partial charge >= 0.3 is 0 Å². The van der Waals surface area contributed by atoms with Crippen LogP contribution in [0.5, 0.6) is 0 Å². The highest BCUT2D eigenvalue weighted by Crippen LogP contribution is 2.29. The maximum atomic E-state index is 12.8. The first kappa shape index (κ1) is 15.7. The van der Waals surface area contributed by atoms with E-state index in [9.17, 15) is 4.79 Å². The lowest BCUT2D eigenvalue weighted by molar-refractivity contribution is 0.0932. The van der Waals surface area contributed by atoms with Crippen LogP contribution in [0.3, 0.4) is 0 Å². The largest absolute Gasteiger partial charge is 0.345 e. The number of amides is 1. The van der Waals surface area contributed by atoms with Crippen LogP contribution in [0.4, 0.5) is 0 Å². The molecule has 1 aliphatic carbocycles. The molecule has 1 N–H and O–H groups in total. The maximum absolute atomic E-state index is 12.8. The van der Waals surface area contributed by atoms with Crippen molar-refractivity contribution >= 4 is 5.91 Å². The molecule has 1 unspecified atom stereocenters. The zero-order valence-corrected chi connectivity index (χ0v) is 14.6. The molecule has 0 fully saturated rings. The molecule has 1 amide bonds. The predicted octanol–water partition coefficient (Wildman–Crippen LogP) is 3.33. The monoisotopic (exact) mass is 334 g/mol. The number of hydrogen-bond acceptors (Lipinski definition) is 2. The molecular formula is C20H22N4O. The highest BCUT2D eigenvalue weighted by molar-refractivity contribution is 5.95. The van der Waals surface area contributed by atoms with Crippen molar-refractivity contribution in [2.24, 2.45) is 7.05 Å². The summed E-state index contributed by atoms with van der Waals surface area (Å²) in [4.78, 5) is 12.8. The number of fused-ring (bicyclic) bond motifs is 1. The van der Waals surface area contributed by atoms with Crippen molar-refractivity contribution < 1.29 is 4.79 Å². The molecule has 1 aliphatic rings. The first-order valence-electron chi connectivity index (χ1n) is 8.69. The molecule has 128 valence electrons. The van der Waals surface area contributed by atoms with Crippen molar-refractivity contribution in [2.75, 3.05) is 0 Å². The van der Waals surface area contributed by atoms with Crippen molar-refractivity contribution in [1.82, 2.24) is 19.7 Å². The number of carbonyl (C=O) groups is 1. The second-order valence-corrected chi connectivity index (χ2v) is 6.68. The third kappa shape index (κ3) is 2.86. The van der Waals surface area contributed by atoms with E-state index in [0.29, 0.717) is 5.56 Å². The van der Waals surface area contributed by atoms with E-state index in [-0.39, 0.29) is 11.9 Å². The van der Waals surface area contributed by atoms with E-state index in [1.165, 1.54) is 5.69 Å². The first-order valence-corrected chi connectivity index (χ1v) is 8.69. The fraction of sp³-hybridized carbons (Fsp3) is 0.300. The molecule has 0 aliphatic heterocycles. The van der Waals surface area contributed by atoms with E-state index in [0.717, 1.165) is 36.1 Å². The maximum Gasteiger partial charge on any atom is 0.251 e. The van der Waals surface area contributed by atoms with E-state index in [4.69, 9.17) is 0 Å². The van der Waals surface area contributed by atoms with Gasteiger partial charge in [-0.2, -0.15) is 5.10 Å². The molecule has 2 aromatic heterocycles. The number of aromatic nitrogens is 3. The van der Waals surface area contributed by atoms with Gasteiger partial charge in [-0.05, 0) is 56.0 Å². The van der Waals surface area contributed by atoms with Gasteiger partial charge in [-0.3, -0.25) is 9.48 Å². The van der Waals surface area contributed by atoms with Crippen LogP contribution < -0.4 is 5.32 Å². The molecule has 4 rings (SSSR count). The van der Waals surface area contributed by atoms with Gasteiger partial charge in [-0.15, -0.1) is 0 Å². The molecule has 0 radical (unpaired) electrons. The Balaban J connectivity index is 1.59. The summed E-state index contributed by atoms with van der Waals surface area (Å²) < 4.78 is 3.95. The van der Waals surface area contributed by atoms with Crippen LogP contribution >= 0.6 is 0 Å². The van der Waals surface area contributed by atoms with Gasteiger partial charge in [0, 0.05) is 41.9 Å². The zero-order chi connectivity index (χ0) is 17.4. The summed E-state index contributed by atoms with van der Waals surface area (Å²) in [7, 11) is 1.96. The average Bonchev–Trinajstić information content (AvgIpc) is 3.26. The second kappa shape index (κ2) is 6.24. The summed E-state index contributed by atoms with van der Waals surface area (Å²) in [6.07, 6.45) is 8.93. The highest BCUT2D eigenvalue weighted by Gasteiger charge is 2.25. The van der Waals surface area contributed by atoms with E-state index in [2.05, 4.69) is 17.3 Å². The van der Waals surface area contributed by atoms with Crippen molar-refractivity contribution in [3.8, 4) is 5.69 Å². The van der Waals surface area contributed by atoms with E-state index in [1.807, 2.05) is 65.2 Å². The number of hydrogen-bond donors (Lipinski definition) is 1. The van der Waals surface area contributed by atoms with Crippen molar-refractivity contribution in [3.05, 3.63) is 71.3 Å². The van der Waals surface area contributed by atoms with Crippen LogP contribution in [0.15, 0.2) is 48.9 Å². The van der Waals surface area contributed by atoms with Gasteiger partial charge in [-0.1, -0.05) is 6.07 Å². The molecule has 5 nitrogen and oxygen atoms in total. The fourth-order valence-corrected chi connectivity index (χ4v) is 3.62. The molecular weight excluding hydrogens is 312 g/mol. The molecule has 3 aromatic rings. The van der Waals surface area contributed by atoms with E-state index < -0.39 is 0 Å². The number of nitrogens with one attached hydrogen (secondary N) is 1. The minimum atomic E-state index is -0.0323. The third-order valence-electron chi connectivity index (χ3n) is 5.03. The Morgan fingerprint density at radius 3 is 2.88 bits per heavy atom. The van der Waals surface area contributed by atoms with Gasteiger partial charge in [0.25, 0.3) is 5.91 Å². The summed E-state index contributed by atoms with van der Waals surface area (Å²) in [5.41, 5.74) is 5.24. The van der Waals surface area contributed by atoms with Crippen molar-refractivity contribution in [3.63, 3.8) is 0 Å². The lowest BCUT2D eigenvalue weighted by Gasteiger charge is -2.24. The van der Waals surface area contributed by atoms with Crippen LogP contribution in [0.1, 0.15) is 46.1 Å². The Kier molecular flexibility index (Phi) is 3.92. The minimum Gasteiger partial charge on any atom is -0.345 e. The summed E-state index contributed by atoms with van der Waals surface area (Å²) in [5, 5.41) is 7.55. The summed E-state index contributed by atoms with van der Waals surface area (Å²) in [6, 6.07) is 9.86. The third-order valence-corrected chi connectivity index (χ3v) is 5.03. The molecule has 5 heteroatoms. The van der Waals surface area contributed by atoms with Crippen LogP contribution in [0.25, 0.3) is 5.69 Å². The molecule has 1 atom stereocenters. The van der Waals surface area contributed by atoms with Gasteiger partial charge in [0.15, 0.2) is 0 Å². The number of aryl methyl sites for hydroxylation is 2. The van der Waals surface area contributed by atoms with Gasteiger partial charge in [0.2, 0.25) is 0 Å². The average molecular weight is 334 g/mol. The Bertz CT molecular complexity index is 908. The Morgan fingerprint density at radius 2 is 2.08 bits per heavy atom. The number of benzene rings is 1. The van der Waals surface area contributed by atoms with Gasteiger partial charge in [-0.25, -0.2) is 0 Å². The number of rotatable bonds is 3. The molecule has 1 aromatic carbocycles.